The van der Waals surface area contributed by atoms with Crippen molar-refractivity contribution < 1.29 is 14.6 Å². The summed E-state index contributed by atoms with van der Waals surface area (Å²) in [7, 11) is 0. The number of hydrogen-bond donors (Lipinski definition) is 2. The standard InChI is InChI=1S/C23H25N3O3/c1-2-3-13-29-19-11-9-18(10-12-19)20-15-22(25-16-24-20)26-21(23(27)28)14-17-7-5-4-6-8-17/h4-12,15-16,21H,2-3,13-14H2,1H3,(H,27,28)(H,24,25,26). The minimum atomic E-state index is -0.928. The minimum absolute atomic E-state index is 0.360. The van der Waals surface area contributed by atoms with Gasteiger partial charge in [0.1, 0.15) is 23.9 Å². The summed E-state index contributed by atoms with van der Waals surface area (Å²) in [5.41, 5.74) is 2.57. The van der Waals surface area contributed by atoms with Crippen LogP contribution in [-0.4, -0.2) is 33.7 Å². The van der Waals surface area contributed by atoms with Crippen LogP contribution in [0.3, 0.4) is 0 Å². The predicted octanol–water partition coefficient (Wildman–Crippen LogP) is 4.43. The maximum atomic E-state index is 11.7. The van der Waals surface area contributed by atoms with Gasteiger partial charge in [-0.05, 0) is 36.2 Å². The molecular formula is C23H25N3O3. The summed E-state index contributed by atoms with van der Waals surface area (Å²) in [6, 6.07) is 18.2. The van der Waals surface area contributed by atoms with Crippen molar-refractivity contribution in [3.8, 4) is 17.0 Å². The highest BCUT2D eigenvalue weighted by molar-refractivity contribution is 5.77. The van der Waals surface area contributed by atoms with Gasteiger partial charge < -0.3 is 15.2 Å². The smallest absolute Gasteiger partial charge is 0.326 e. The molecule has 0 aliphatic carbocycles. The Morgan fingerprint density at radius 1 is 1.10 bits per heavy atom. The number of benzene rings is 2. The van der Waals surface area contributed by atoms with Crippen LogP contribution in [0.25, 0.3) is 11.3 Å². The van der Waals surface area contributed by atoms with Crippen molar-refractivity contribution in [3.05, 3.63) is 72.6 Å². The normalized spacial score (nSPS) is 11.6. The number of anilines is 1. The van der Waals surface area contributed by atoms with E-state index in [2.05, 4.69) is 22.2 Å². The molecule has 0 aliphatic rings. The molecule has 2 N–H and O–H groups in total. The fourth-order valence-electron chi connectivity index (χ4n) is 2.88. The molecule has 0 saturated heterocycles. The second-order valence-electron chi connectivity index (χ2n) is 6.74. The summed E-state index contributed by atoms with van der Waals surface area (Å²) in [6.45, 7) is 2.83. The van der Waals surface area contributed by atoms with Gasteiger partial charge in [-0.15, -0.1) is 0 Å². The zero-order valence-corrected chi connectivity index (χ0v) is 16.4. The monoisotopic (exact) mass is 391 g/mol. The molecule has 6 heteroatoms. The molecule has 2 aromatic carbocycles. The average Bonchev–Trinajstić information content (AvgIpc) is 2.75. The first-order chi connectivity index (χ1) is 14.2. The average molecular weight is 391 g/mol. The number of aromatic nitrogens is 2. The molecule has 0 fully saturated rings. The summed E-state index contributed by atoms with van der Waals surface area (Å²) < 4.78 is 5.69. The van der Waals surface area contributed by atoms with Gasteiger partial charge in [0.25, 0.3) is 0 Å². The van der Waals surface area contributed by atoms with E-state index >= 15 is 0 Å². The Morgan fingerprint density at radius 2 is 1.86 bits per heavy atom. The maximum Gasteiger partial charge on any atom is 0.326 e. The van der Waals surface area contributed by atoms with E-state index < -0.39 is 12.0 Å². The molecule has 29 heavy (non-hydrogen) atoms. The van der Waals surface area contributed by atoms with Crippen LogP contribution in [0.4, 0.5) is 5.82 Å². The largest absolute Gasteiger partial charge is 0.494 e. The first-order valence-corrected chi connectivity index (χ1v) is 9.74. The zero-order chi connectivity index (χ0) is 20.5. The van der Waals surface area contributed by atoms with Crippen molar-refractivity contribution in [2.45, 2.75) is 32.2 Å². The highest BCUT2D eigenvalue weighted by Gasteiger charge is 2.18. The molecule has 0 amide bonds. The maximum absolute atomic E-state index is 11.7. The third kappa shape index (κ3) is 6.04. The van der Waals surface area contributed by atoms with E-state index in [0.29, 0.717) is 24.5 Å². The van der Waals surface area contributed by atoms with Crippen molar-refractivity contribution in [2.75, 3.05) is 11.9 Å². The summed E-state index contributed by atoms with van der Waals surface area (Å²) >= 11 is 0. The fraction of sp³-hybridized carbons (Fsp3) is 0.261. The minimum Gasteiger partial charge on any atom is -0.494 e. The molecule has 1 unspecified atom stereocenters. The van der Waals surface area contributed by atoms with Crippen LogP contribution in [-0.2, 0) is 11.2 Å². The molecule has 1 aromatic heterocycles. The quantitative estimate of drug-likeness (QED) is 0.497. The van der Waals surface area contributed by atoms with E-state index in [-0.39, 0.29) is 0 Å². The summed E-state index contributed by atoms with van der Waals surface area (Å²) in [6.07, 6.45) is 3.91. The first-order valence-electron chi connectivity index (χ1n) is 9.74. The van der Waals surface area contributed by atoms with Gasteiger partial charge in [0.15, 0.2) is 0 Å². The molecule has 1 atom stereocenters. The summed E-state index contributed by atoms with van der Waals surface area (Å²) in [5, 5.41) is 12.6. The molecule has 0 radical (unpaired) electrons. The van der Waals surface area contributed by atoms with E-state index in [4.69, 9.17) is 4.74 Å². The summed E-state index contributed by atoms with van der Waals surface area (Å²) in [4.78, 5) is 20.2. The van der Waals surface area contributed by atoms with Crippen LogP contribution in [0.1, 0.15) is 25.3 Å². The number of aliphatic carboxylic acids is 1. The van der Waals surface area contributed by atoms with Gasteiger partial charge in [0, 0.05) is 18.1 Å². The molecule has 0 saturated carbocycles. The lowest BCUT2D eigenvalue weighted by atomic mass is 10.1. The third-order valence-corrected chi connectivity index (χ3v) is 4.49. The van der Waals surface area contributed by atoms with Crippen LogP contribution in [0.15, 0.2) is 67.0 Å². The van der Waals surface area contributed by atoms with Gasteiger partial charge in [-0.1, -0.05) is 43.7 Å². The van der Waals surface area contributed by atoms with Crippen molar-refractivity contribution in [1.29, 1.82) is 0 Å². The zero-order valence-electron chi connectivity index (χ0n) is 16.4. The molecule has 3 aromatic rings. The molecule has 0 aliphatic heterocycles. The molecule has 0 spiro atoms. The number of rotatable bonds is 10. The van der Waals surface area contributed by atoms with Gasteiger partial charge in [0.05, 0.1) is 12.3 Å². The summed E-state index contributed by atoms with van der Waals surface area (Å²) in [5.74, 6) is 0.368. The Kier molecular flexibility index (Phi) is 7.16. The van der Waals surface area contributed by atoms with Crippen LogP contribution in [0.2, 0.25) is 0 Å². The van der Waals surface area contributed by atoms with Crippen molar-refractivity contribution in [3.63, 3.8) is 0 Å². The highest BCUT2D eigenvalue weighted by Crippen LogP contribution is 2.22. The molecule has 3 rings (SSSR count). The van der Waals surface area contributed by atoms with E-state index in [0.717, 1.165) is 29.7 Å². The lowest BCUT2D eigenvalue weighted by Gasteiger charge is -2.15. The second-order valence-corrected chi connectivity index (χ2v) is 6.74. The van der Waals surface area contributed by atoms with Crippen LogP contribution in [0, 0.1) is 0 Å². The number of unbranched alkanes of at least 4 members (excludes halogenated alkanes) is 1. The lowest BCUT2D eigenvalue weighted by Crippen LogP contribution is -2.31. The van der Waals surface area contributed by atoms with Crippen molar-refractivity contribution >= 4 is 11.8 Å². The number of hydrogen-bond acceptors (Lipinski definition) is 5. The fourth-order valence-corrected chi connectivity index (χ4v) is 2.88. The van der Waals surface area contributed by atoms with Gasteiger partial charge in [-0.2, -0.15) is 0 Å². The van der Waals surface area contributed by atoms with E-state index in [1.54, 1.807) is 6.07 Å². The Bertz CT molecular complexity index is 914. The predicted molar refractivity (Wildman–Crippen MR) is 113 cm³/mol. The van der Waals surface area contributed by atoms with E-state index in [9.17, 15) is 9.90 Å². The molecule has 150 valence electrons. The molecule has 1 heterocycles. The van der Waals surface area contributed by atoms with Crippen molar-refractivity contribution in [2.24, 2.45) is 0 Å². The lowest BCUT2D eigenvalue weighted by molar-refractivity contribution is -0.137. The highest BCUT2D eigenvalue weighted by atomic mass is 16.5. The number of carbonyl (C=O) groups is 1. The molecule has 0 bridgehead atoms. The van der Waals surface area contributed by atoms with E-state index in [1.807, 2.05) is 54.6 Å². The second kappa shape index (κ2) is 10.2. The Labute approximate surface area is 170 Å². The van der Waals surface area contributed by atoms with Gasteiger partial charge in [-0.25, -0.2) is 14.8 Å². The number of nitrogens with zero attached hydrogens (tertiary/aromatic N) is 2. The number of ether oxygens (including phenoxy) is 1. The Hall–Kier alpha value is -3.41. The van der Waals surface area contributed by atoms with Crippen LogP contribution >= 0.6 is 0 Å². The van der Waals surface area contributed by atoms with Gasteiger partial charge in [0.2, 0.25) is 0 Å². The topological polar surface area (TPSA) is 84.3 Å². The molecular weight excluding hydrogens is 366 g/mol. The first kappa shape index (κ1) is 20.3. The SMILES string of the molecule is CCCCOc1ccc(-c2cc(NC(Cc3ccccc3)C(=O)O)ncn2)cc1. The van der Waals surface area contributed by atoms with Crippen LogP contribution in [0.5, 0.6) is 5.75 Å². The van der Waals surface area contributed by atoms with E-state index in [1.165, 1.54) is 6.33 Å². The van der Waals surface area contributed by atoms with Gasteiger partial charge in [-0.3, -0.25) is 0 Å². The van der Waals surface area contributed by atoms with Crippen LogP contribution < -0.4 is 10.1 Å². The number of carboxylic acids is 1. The molecule has 6 nitrogen and oxygen atoms in total. The van der Waals surface area contributed by atoms with Crippen molar-refractivity contribution in [1.82, 2.24) is 9.97 Å². The third-order valence-electron chi connectivity index (χ3n) is 4.49. The number of carboxylic acid groups (broad SMARTS) is 1. The van der Waals surface area contributed by atoms with Gasteiger partial charge >= 0.3 is 5.97 Å². The Balaban J connectivity index is 1.70. The number of nitrogens with one attached hydrogen (secondary N) is 1. The Morgan fingerprint density at radius 3 is 2.55 bits per heavy atom.